The Balaban J connectivity index is 2.13. The lowest BCUT2D eigenvalue weighted by atomic mass is 9.59. The second-order valence-corrected chi connectivity index (χ2v) is 7.57. The van der Waals surface area contributed by atoms with E-state index in [1.54, 1.807) is 13.8 Å². The molecule has 0 radical (unpaired) electrons. The van der Waals surface area contributed by atoms with E-state index in [9.17, 15) is 20.1 Å². The molecule has 0 unspecified atom stereocenters. The third-order valence-corrected chi connectivity index (χ3v) is 6.67. The molecule has 6 atom stereocenters. The summed E-state index contributed by atoms with van der Waals surface area (Å²) < 4.78 is 0. The predicted octanol–water partition coefficient (Wildman–Crippen LogP) is 0.732. The average molecular weight is 268 g/mol. The highest BCUT2D eigenvalue weighted by Crippen LogP contribution is 2.72. The van der Waals surface area contributed by atoms with Gasteiger partial charge in [-0.05, 0) is 44.9 Å². The quantitative estimate of drug-likeness (QED) is 0.690. The number of hydrogen-bond donors (Lipinski definition) is 3. The molecule has 0 heterocycles. The molecule has 0 spiro atoms. The summed E-state index contributed by atoms with van der Waals surface area (Å²) in [7, 11) is 0. The minimum Gasteiger partial charge on any atom is -0.395 e. The Morgan fingerprint density at radius 3 is 2.58 bits per heavy atom. The van der Waals surface area contributed by atoms with Crippen LogP contribution in [0, 0.1) is 28.6 Å². The molecule has 0 aromatic rings. The van der Waals surface area contributed by atoms with Gasteiger partial charge < -0.3 is 15.3 Å². The van der Waals surface area contributed by atoms with E-state index < -0.39 is 22.5 Å². The molecule has 0 aromatic carbocycles. The third-order valence-electron chi connectivity index (χ3n) is 6.67. The van der Waals surface area contributed by atoms with Crippen LogP contribution in [-0.4, -0.2) is 39.4 Å². The second kappa shape index (κ2) is 3.60. The summed E-state index contributed by atoms with van der Waals surface area (Å²) in [5, 5.41) is 30.8. The molecule has 19 heavy (non-hydrogen) atoms. The molecule has 4 nitrogen and oxygen atoms in total. The molecule has 108 valence electrons. The lowest BCUT2D eigenvalue weighted by molar-refractivity contribution is -0.138. The third kappa shape index (κ3) is 1.28. The van der Waals surface area contributed by atoms with Crippen LogP contribution in [0.15, 0.2) is 0 Å². The van der Waals surface area contributed by atoms with Gasteiger partial charge in [0.2, 0.25) is 0 Å². The van der Waals surface area contributed by atoms with E-state index in [0.29, 0.717) is 12.8 Å². The Kier molecular flexibility index (Phi) is 2.56. The normalized spacial score (nSPS) is 52.8. The molecule has 3 N–H and O–H groups in total. The van der Waals surface area contributed by atoms with Crippen molar-refractivity contribution in [3.05, 3.63) is 0 Å². The number of aliphatic hydroxyl groups is 3. The zero-order valence-electron chi connectivity index (χ0n) is 11.9. The van der Waals surface area contributed by atoms with E-state index in [-0.39, 0.29) is 30.1 Å². The number of ketones is 1. The summed E-state index contributed by atoms with van der Waals surface area (Å²) in [6.07, 6.45) is 1.38. The molecule has 3 rings (SSSR count). The molecule has 4 heteroatoms. The topological polar surface area (TPSA) is 77.8 Å². The number of hydrogen-bond acceptors (Lipinski definition) is 4. The van der Waals surface area contributed by atoms with Crippen LogP contribution in [0.25, 0.3) is 0 Å². The maximum absolute atomic E-state index is 12.8. The van der Waals surface area contributed by atoms with Crippen molar-refractivity contribution in [3.63, 3.8) is 0 Å². The average Bonchev–Trinajstić information content (AvgIpc) is 2.69. The van der Waals surface area contributed by atoms with Gasteiger partial charge in [0.1, 0.15) is 5.78 Å². The highest BCUT2D eigenvalue weighted by Gasteiger charge is 2.76. The second-order valence-electron chi connectivity index (χ2n) is 7.57. The number of Topliss-reactive ketones (excluding diaryl/α,β-unsaturated/α-hetero) is 1. The van der Waals surface area contributed by atoms with Crippen LogP contribution in [0.1, 0.15) is 40.0 Å². The zero-order valence-corrected chi connectivity index (χ0v) is 11.9. The van der Waals surface area contributed by atoms with E-state index in [0.717, 1.165) is 6.42 Å². The number of rotatable bonds is 2. The van der Waals surface area contributed by atoms with E-state index in [2.05, 4.69) is 0 Å². The van der Waals surface area contributed by atoms with Gasteiger partial charge in [-0.15, -0.1) is 0 Å². The van der Waals surface area contributed by atoms with E-state index >= 15 is 0 Å². The van der Waals surface area contributed by atoms with Crippen LogP contribution in [0.5, 0.6) is 0 Å². The van der Waals surface area contributed by atoms with Crippen LogP contribution < -0.4 is 0 Å². The number of carbonyl (C=O) groups is 1. The van der Waals surface area contributed by atoms with Crippen LogP contribution in [0.4, 0.5) is 0 Å². The van der Waals surface area contributed by atoms with Crippen LogP contribution in [-0.2, 0) is 4.79 Å². The first-order chi connectivity index (χ1) is 8.70. The van der Waals surface area contributed by atoms with Gasteiger partial charge in [0, 0.05) is 11.3 Å². The first-order valence-corrected chi connectivity index (χ1v) is 7.26. The van der Waals surface area contributed by atoms with Crippen molar-refractivity contribution in [1.29, 1.82) is 0 Å². The molecule has 3 aliphatic rings. The largest absolute Gasteiger partial charge is 0.395 e. The van der Waals surface area contributed by atoms with Gasteiger partial charge in [-0.1, -0.05) is 6.92 Å². The SMILES string of the molecule is CC(C)(O)[C@@H]1C[C@@H](O)[C@]2(C)[C@H]3CC[C@]2(CO)C(=O)[C@H]13. The van der Waals surface area contributed by atoms with E-state index in [1.165, 1.54) is 0 Å². The minimum absolute atomic E-state index is 0.0809. The van der Waals surface area contributed by atoms with Crippen LogP contribution >= 0.6 is 0 Å². The fourth-order valence-electron chi connectivity index (χ4n) is 5.49. The van der Waals surface area contributed by atoms with Gasteiger partial charge in [-0.25, -0.2) is 0 Å². The van der Waals surface area contributed by atoms with Gasteiger partial charge in [-0.3, -0.25) is 4.79 Å². The van der Waals surface area contributed by atoms with Crippen molar-refractivity contribution in [3.8, 4) is 0 Å². The van der Waals surface area contributed by atoms with Crippen molar-refractivity contribution < 1.29 is 20.1 Å². The maximum Gasteiger partial charge on any atom is 0.145 e. The molecule has 0 aliphatic heterocycles. The fraction of sp³-hybridized carbons (Fsp3) is 0.933. The lowest BCUT2D eigenvalue weighted by Crippen LogP contribution is -2.51. The molecular formula is C15H24O4. The zero-order chi connectivity index (χ0) is 14.2. The minimum atomic E-state index is -0.968. The lowest BCUT2D eigenvalue weighted by Gasteiger charge is -2.48. The van der Waals surface area contributed by atoms with E-state index in [4.69, 9.17) is 0 Å². The Bertz CT molecular complexity index is 426. The summed E-state index contributed by atoms with van der Waals surface area (Å²) in [4.78, 5) is 12.8. The van der Waals surface area contributed by atoms with Gasteiger partial charge in [0.15, 0.2) is 0 Å². The summed E-state index contributed by atoms with van der Waals surface area (Å²) in [5.74, 6) is -0.221. The van der Waals surface area contributed by atoms with Crippen molar-refractivity contribution in [1.82, 2.24) is 0 Å². The van der Waals surface area contributed by atoms with Crippen molar-refractivity contribution in [2.75, 3.05) is 6.61 Å². The monoisotopic (exact) mass is 268 g/mol. The van der Waals surface area contributed by atoms with Gasteiger partial charge in [0.05, 0.1) is 23.7 Å². The summed E-state index contributed by atoms with van der Waals surface area (Å²) >= 11 is 0. The standard InChI is InChI=1S/C15H24O4/c1-13(2,19)9-6-10(17)14(3)8-4-5-15(14,7-16)12(18)11(8)9/h8-11,16-17,19H,4-7H2,1-3H3/t8-,9+,10+,11-,14-,15-/m0/s1. The van der Waals surface area contributed by atoms with Crippen LogP contribution in [0.3, 0.4) is 0 Å². The Labute approximate surface area is 113 Å². The van der Waals surface area contributed by atoms with Gasteiger partial charge in [0.25, 0.3) is 0 Å². The molecular weight excluding hydrogens is 244 g/mol. The molecule has 3 fully saturated rings. The van der Waals surface area contributed by atoms with E-state index in [1.807, 2.05) is 6.92 Å². The summed E-state index contributed by atoms with van der Waals surface area (Å²) in [6, 6.07) is 0. The van der Waals surface area contributed by atoms with Crippen molar-refractivity contribution >= 4 is 5.78 Å². The Morgan fingerprint density at radius 1 is 1.42 bits per heavy atom. The molecule has 3 aliphatic carbocycles. The highest BCUT2D eigenvalue weighted by atomic mass is 16.3. The van der Waals surface area contributed by atoms with Gasteiger partial charge >= 0.3 is 0 Å². The Hall–Kier alpha value is -0.450. The Morgan fingerprint density at radius 2 is 2.05 bits per heavy atom. The maximum atomic E-state index is 12.8. The molecule has 4 bridgehead atoms. The smallest absolute Gasteiger partial charge is 0.145 e. The number of aliphatic hydroxyl groups excluding tert-OH is 2. The molecule has 0 aromatic heterocycles. The molecule has 3 saturated carbocycles. The first kappa shape index (κ1) is 13.5. The predicted molar refractivity (Wildman–Crippen MR) is 69.3 cm³/mol. The first-order valence-electron chi connectivity index (χ1n) is 7.26. The summed E-state index contributed by atoms with van der Waals surface area (Å²) in [6.45, 7) is 5.23. The van der Waals surface area contributed by atoms with Crippen molar-refractivity contribution in [2.24, 2.45) is 28.6 Å². The summed E-state index contributed by atoms with van der Waals surface area (Å²) in [5.41, 5.74) is -2.25. The van der Waals surface area contributed by atoms with Gasteiger partial charge in [-0.2, -0.15) is 0 Å². The fourth-order valence-corrected chi connectivity index (χ4v) is 5.49. The highest BCUT2D eigenvalue weighted by molar-refractivity contribution is 5.93. The number of carbonyl (C=O) groups excluding carboxylic acids is 1. The molecule has 0 amide bonds. The van der Waals surface area contributed by atoms with Crippen LogP contribution in [0.2, 0.25) is 0 Å². The molecule has 0 saturated heterocycles. The van der Waals surface area contributed by atoms with Crippen molar-refractivity contribution in [2.45, 2.75) is 51.7 Å².